The molecule has 1 saturated carbocycles. The Kier molecular flexibility index (Phi) is 4.04. The minimum atomic E-state index is -0.243. The number of hydrogen-bond acceptors (Lipinski definition) is 4. The van der Waals surface area contributed by atoms with Gasteiger partial charge in [-0.2, -0.15) is 10.1 Å². The molecule has 142 valence electrons. The summed E-state index contributed by atoms with van der Waals surface area (Å²) in [4.78, 5) is 25.9. The largest absolute Gasteiger partial charge is 0.493 e. The molecule has 2 aromatic rings. The number of rotatable bonds is 4. The molecular weight excluding hydrogens is 352 g/mol. The number of nitrogens with zero attached hydrogens (tertiary/aromatic N) is 2. The van der Waals surface area contributed by atoms with E-state index in [1.807, 2.05) is 43.3 Å². The van der Waals surface area contributed by atoms with Crippen LogP contribution < -0.4 is 4.74 Å². The van der Waals surface area contributed by atoms with E-state index in [0.29, 0.717) is 12.4 Å². The number of carbonyl (C=O) groups is 2. The lowest BCUT2D eigenvalue weighted by atomic mass is 9.63. The zero-order valence-electron chi connectivity index (χ0n) is 15.7. The average molecular weight is 374 g/mol. The van der Waals surface area contributed by atoms with Crippen LogP contribution in [0.4, 0.5) is 0 Å². The molecule has 3 aliphatic carbocycles. The second kappa shape index (κ2) is 6.59. The van der Waals surface area contributed by atoms with E-state index in [1.165, 1.54) is 0 Å². The van der Waals surface area contributed by atoms with Crippen molar-refractivity contribution in [1.82, 2.24) is 5.01 Å². The van der Waals surface area contributed by atoms with Gasteiger partial charge in [0.1, 0.15) is 5.75 Å². The van der Waals surface area contributed by atoms with Gasteiger partial charge in [-0.15, -0.1) is 0 Å². The summed E-state index contributed by atoms with van der Waals surface area (Å²) in [6.07, 6.45) is 7.81. The minimum Gasteiger partial charge on any atom is -0.493 e. The van der Waals surface area contributed by atoms with Crippen molar-refractivity contribution in [3.63, 3.8) is 0 Å². The van der Waals surface area contributed by atoms with Gasteiger partial charge >= 0.3 is 0 Å². The molecular formula is C23H22N2O3. The fourth-order valence-electron chi connectivity index (χ4n) is 4.98. The van der Waals surface area contributed by atoms with E-state index >= 15 is 0 Å². The maximum absolute atomic E-state index is 13.0. The highest BCUT2D eigenvalue weighted by Gasteiger charge is 2.56. The summed E-state index contributed by atoms with van der Waals surface area (Å²) in [5, 5.41) is 7.51. The zero-order valence-corrected chi connectivity index (χ0v) is 15.7. The van der Waals surface area contributed by atoms with E-state index in [2.05, 4.69) is 17.3 Å². The van der Waals surface area contributed by atoms with Crippen molar-refractivity contribution in [3.05, 3.63) is 54.1 Å². The first-order valence-electron chi connectivity index (χ1n) is 9.93. The highest BCUT2D eigenvalue weighted by atomic mass is 16.5. The predicted molar refractivity (Wildman–Crippen MR) is 107 cm³/mol. The van der Waals surface area contributed by atoms with E-state index in [0.717, 1.165) is 34.2 Å². The van der Waals surface area contributed by atoms with Crippen molar-refractivity contribution in [3.8, 4) is 5.75 Å². The highest BCUT2D eigenvalue weighted by molar-refractivity contribution is 6.08. The minimum absolute atomic E-state index is 0.163. The quantitative estimate of drug-likeness (QED) is 0.465. The van der Waals surface area contributed by atoms with E-state index in [9.17, 15) is 9.59 Å². The highest BCUT2D eigenvalue weighted by Crippen LogP contribution is 2.49. The maximum atomic E-state index is 13.0. The molecule has 4 aliphatic rings. The fraction of sp³-hybridized carbons (Fsp3) is 0.348. The lowest BCUT2D eigenvalue weighted by Crippen LogP contribution is -2.38. The number of hydrazone groups is 1. The molecule has 0 radical (unpaired) electrons. The summed E-state index contributed by atoms with van der Waals surface area (Å²) in [6, 6.07) is 11.9. The number of amides is 2. The molecule has 2 aromatic carbocycles. The third-order valence-electron chi connectivity index (χ3n) is 6.27. The van der Waals surface area contributed by atoms with Crippen LogP contribution in [0.5, 0.6) is 5.75 Å². The first-order valence-corrected chi connectivity index (χ1v) is 9.93. The Morgan fingerprint density at radius 1 is 1.04 bits per heavy atom. The summed E-state index contributed by atoms with van der Waals surface area (Å²) in [6.45, 7) is 2.46. The van der Waals surface area contributed by atoms with Gasteiger partial charge in [-0.25, -0.2) is 0 Å². The van der Waals surface area contributed by atoms with Crippen molar-refractivity contribution in [2.75, 3.05) is 6.61 Å². The standard InChI is InChI=1S/C23H22N2O3/c1-2-28-19-12-11-14-5-3-4-6-17(14)18(19)13-24-25-22(26)20-15-7-8-16(10-9-15)21(20)23(25)27/h3-8,11-13,15-16,20-21H,2,9-10H2,1H3/t15-,16-,20-,21+/m0/s1. The molecule has 0 unspecified atom stereocenters. The van der Waals surface area contributed by atoms with Crippen molar-refractivity contribution >= 4 is 28.8 Å². The smallest absolute Gasteiger partial charge is 0.254 e. The summed E-state index contributed by atoms with van der Waals surface area (Å²) >= 11 is 0. The molecule has 2 fully saturated rings. The van der Waals surface area contributed by atoms with Crippen LogP contribution in [0, 0.1) is 23.7 Å². The molecule has 2 bridgehead atoms. The van der Waals surface area contributed by atoms with Crippen molar-refractivity contribution < 1.29 is 14.3 Å². The second-order valence-corrected chi connectivity index (χ2v) is 7.71. The first-order chi connectivity index (χ1) is 13.7. The predicted octanol–water partition coefficient (Wildman–Crippen LogP) is 3.77. The zero-order chi connectivity index (χ0) is 19.3. The Hall–Kier alpha value is -2.95. The Labute approximate surface area is 163 Å². The van der Waals surface area contributed by atoms with Gasteiger partial charge in [-0.3, -0.25) is 9.59 Å². The van der Waals surface area contributed by atoms with Gasteiger partial charge in [0.15, 0.2) is 0 Å². The summed E-state index contributed by atoms with van der Waals surface area (Å²) in [5.74, 6) is 0.223. The molecule has 5 nitrogen and oxygen atoms in total. The van der Waals surface area contributed by atoms with Crippen LogP contribution in [-0.4, -0.2) is 29.6 Å². The molecule has 5 heteroatoms. The van der Waals surface area contributed by atoms with Gasteiger partial charge in [-0.05, 0) is 48.4 Å². The van der Waals surface area contributed by atoms with Crippen LogP contribution in [-0.2, 0) is 9.59 Å². The van der Waals surface area contributed by atoms with Crippen molar-refractivity contribution in [1.29, 1.82) is 0 Å². The number of fused-ring (bicyclic) bond motifs is 2. The van der Waals surface area contributed by atoms with Crippen molar-refractivity contribution in [2.24, 2.45) is 28.8 Å². The van der Waals surface area contributed by atoms with Gasteiger partial charge in [0.2, 0.25) is 0 Å². The molecule has 4 atom stereocenters. The number of carbonyl (C=O) groups excluding carboxylic acids is 2. The summed E-state index contributed by atoms with van der Waals surface area (Å²) in [5.41, 5.74) is 0.788. The van der Waals surface area contributed by atoms with Gasteiger partial charge < -0.3 is 4.74 Å². The third-order valence-corrected chi connectivity index (χ3v) is 6.27. The van der Waals surface area contributed by atoms with Crippen LogP contribution in [0.15, 0.2) is 53.7 Å². The number of allylic oxidation sites excluding steroid dienone is 2. The van der Waals surface area contributed by atoms with E-state index in [4.69, 9.17) is 4.74 Å². The van der Waals surface area contributed by atoms with E-state index in [1.54, 1.807) is 6.21 Å². The van der Waals surface area contributed by atoms with E-state index < -0.39 is 0 Å². The van der Waals surface area contributed by atoms with Crippen LogP contribution in [0.25, 0.3) is 10.8 Å². The number of ether oxygens (including phenoxy) is 1. The fourth-order valence-corrected chi connectivity index (χ4v) is 4.98. The number of imide groups is 1. The van der Waals surface area contributed by atoms with Gasteiger partial charge in [-0.1, -0.05) is 42.5 Å². The van der Waals surface area contributed by atoms with Crippen LogP contribution >= 0.6 is 0 Å². The Bertz CT molecular complexity index is 994. The van der Waals surface area contributed by atoms with E-state index in [-0.39, 0.29) is 35.5 Å². The Morgan fingerprint density at radius 2 is 1.71 bits per heavy atom. The monoisotopic (exact) mass is 374 g/mol. The maximum Gasteiger partial charge on any atom is 0.254 e. The lowest BCUT2D eigenvalue weighted by molar-refractivity contribution is -0.140. The molecule has 2 amide bonds. The SMILES string of the molecule is CCOc1ccc2ccccc2c1C=NN1C(=O)[C@@H]2[C@H](C1=O)[C@H]1C=C[C@H]2CC1. The molecule has 0 aromatic heterocycles. The van der Waals surface area contributed by atoms with Crippen LogP contribution in [0.1, 0.15) is 25.3 Å². The molecule has 28 heavy (non-hydrogen) atoms. The van der Waals surface area contributed by atoms with Crippen LogP contribution in [0.2, 0.25) is 0 Å². The third kappa shape index (κ3) is 2.49. The molecule has 0 spiro atoms. The summed E-state index contributed by atoms with van der Waals surface area (Å²) < 4.78 is 5.76. The Balaban J connectivity index is 1.52. The summed E-state index contributed by atoms with van der Waals surface area (Å²) in [7, 11) is 0. The number of hydrogen-bond donors (Lipinski definition) is 0. The molecule has 1 saturated heterocycles. The molecule has 1 aliphatic heterocycles. The van der Waals surface area contributed by atoms with Gasteiger partial charge in [0, 0.05) is 5.56 Å². The second-order valence-electron chi connectivity index (χ2n) is 7.71. The first kappa shape index (κ1) is 17.2. The van der Waals surface area contributed by atoms with Crippen LogP contribution in [0.3, 0.4) is 0 Å². The molecule has 6 rings (SSSR count). The average Bonchev–Trinajstić information content (AvgIpc) is 3.00. The Morgan fingerprint density at radius 3 is 2.36 bits per heavy atom. The topological polar surface area (TPSA) is 59.0 Å². The lowest BCUT2D eigenvalue weighted by Gasteiger charge is -2.37. The van der Waals surface area contributed by atoms with Gasteiger partial charge in [0.05, 0.1) is 24.7 Å². The molecule has 1 heterocycles. The normalized spacial score (nSPS) is 28.5. The van der Waals surface area contributed by atoms with Crippen molar-refractivity contribution in [2.45, 2.75) is 19.8 Å². The number of benzene rings is 2. The molecule has 0 N–H and O–H groups in total. The van der Waals surface area contributed by atoms with Gasteiger partial charge in [0.25, 0.3) is 11.8 Å².